The average molecular weight is 491 g/mol. The molecule has 0 saturated carbocycles. The van der Waals surface area contributed by atoms with Crippen LogP contribution in [0.5, 0.6) is 0 Å². The molecule has 2 atom stereocenters. The number of Topliss-reactive ketones (excluding diaryl/α,β-unsaturated/α-hetero) is 1. The van der Waals surface area contributed by atoms with Crippen molar-refractivity contribution in [2.45, 2.75) is 58.9 Å². The summed E-state index contributed by atoms with van der Waals surface area (Å²) in [7, 11) is 0. The first kappa shape index (κ1) is 26.8. The summed E-state index contributed by atoms with van der Waals surface area (Å²) in [4.78, 5) is 46.6. The van der Waals surface area contributed by atoms with E-state index in [9.17, 15) is 14.4 Å². The number of nitrogens with two attached hydrogens (primary N) is 1. The summed E-state index contributed by atoms with van der Waals surface area (Å²) in [5.74, 6) is -0.786. The van der Waals surface area contributed by atoms with Crippen LogP contribution in [0.1, 0.15) is 61.8 Å². The Kier molecular flexibility index (Phi) is 9.50. The maximum absolute atomic E-state index is 13.8. The van der Waals surface area contributed by atoms with Gasteiger partial charge in [0.1, 0.15) is 0 Å². The fraction of sp³-hybridized carbons (Fsp3) is 0.393. The zero-order valence-electron chi connectivity index (χ0n) is 21.1. The minimum Gasteiger partial charge on any atom is -0.433 e. The van der Waals surface area contributed by atoms with E-state index in [0.29, 0.717) is 42.8 Å². The first-order chi connectivity index (χ1) is 17.2. The second kappa shape index (κ2) is 12.8. The summed E-state index contributed by atoms with van der Waals surface area (Å²) in [6.45, 7) is 5.77. The molecule has 3 rings (SSSR count). The Balaban J connectivity index is 1.86. The van der Waals surface area contributed by atoms with Crippen LogP contribution in [-0.2, 0) is 22.4 Å². The molecule has 0 fully saturated rings. The van der Waals surface area contributed by atoms with Gasteiger partial charge in [-0.3, -0.25) is 19.4 Å². The topological polar surface area (TPSA) is 128 Å². The van der Waals surface area contributed by atoms with Gasteiger partial charge in [0.05, 0.1) is 17.3 Å². The number of hydrogen-bond acceptors (Lipinski definition) is 6. The molecular weight excluding hydrogens is 456 g/mol. The lowest BCUT2D eigenvalue weighted by molar-refractivity contribution is -0.123. The number of pyridine rings is 1. The molecule has 0 bridgehead atoms. The van der Waals surface area contributed by atoms with Crippen molar-refractivity contribution in [2.75, 3.05) is 0 Å². The van der Waals surface area contributed by atoms with Crippen LogP contribution in [0.2, 0.25) is 0 Å². The largest absolute Gasteiger partial charge is 0.433 e. The monoisotopic (exact) mass is 490 g/mol. The van der Waals surface area contributed by atoms with Crippen molar-refractivity contribution in [2.24, 2.45) is 17.6 Å². The van der Waals surface area contributed by atoms with Crippen molar-refractivity contribution in [3.05, 3.63) is 71.9 Å². The molecule has 36 heavy (non-hydrogen) atoms. The molecule has 0 aliphatic carbocycles. The molecule has 3 N–H and O–H groups in total. The van der Waals surface area contributed by atoms with Gasteiger partial charge in [-0.1, -0.05) is 51.1 Å². The number of carbonyl (C=O) groups is 3. The van der Waals surface area contributed by atoms with Gasteiger partial charge in [0.25, 0.3) is 0 Å². The van der Waals surface area contributed by atoms with Crippen LogP contribution in [0, 0.1) is 11.8 Å². The third-order valence-corrected chi connectivity index (χ3v) is 5.94. The van der Waals surface area contributed by atoms with Crippen molar-refractivity contribution >= 4 is 17.6 Å². The number of aromatic nitrogens is 2. The number of nitrogens with one attached hydrogen (secondary N) is 1. The summed E-state index contributed by atoms with van der Waals surface area (Å²) >= 11 is 0. The number of ketones is 1. The third kappa shape index (κ3) is 7.60. The number of aryl methyl sites for hydroxylation is 1. The van der Waals surface area contributed by atoms with Crippen LogP contribution in [0.25, 0.3) is 11.5 Å². The number of hydrogen-bond donors (Lipinski definition) is 2. The highest BCUT2D eigenvalue weighted by Crippen LogP contribution is 2.25. The summed E-state index contributed by atoms with van der Waals surface area (Å²) in [6.07, 6.45) is 5.24. The third-order valence-electron chi connectivity index (χ3n) is 5.94. The maximum Gasteiger partial charge on any atom is 0.228 e. The minimum absolute atomic E-state index is 0.0927. The van der Waals surface area contributed by atoms with Crippen molar-refractivity contribution < 1.29 is 18.8 Å². The predicted octanol–water partition coefficient (Wildman–Crippen LogP) is 4.14. The SMILES string of the molecule is CC(C)Cc1nc(-c2cccnc2)oc1C(=O)C(CCc1ccccc1)NC(=O)CCC(C)C(N)=O. The Morgan fingerprint density at radius 3 is 2.42 bits per heavy atom. The molecule has 0 saturated heterocycles. The lowest BCUT2D eigenvalue weighted by atomic mass is 9.97. The van der Waals surface area contributed by atoms with Crippen LogP contribution in [0.15, 0.2) is 59.3 Å². The predicted molar refractivity (Wildman–Crippen MR) is 137 cm³/mol. The van der Waals surface area contributed by atoms with E-state index in [1.54, 1.807) is 25.4 Å². The summed E-state index contributed by atoms with van der Waals surface area (Å²) in [5, 5.41) is 2.87. The molecule has 3 aromatic rings. The molecule has 2 aromatic heterocycles. The van der Waals surface area contributed by atoms with Crippen molar-refractivity contribution in [1.82, 2.24) is 15.3 Å². The fourth-order valence-corrected chi connectivity index (χ4v) is 3.82. The first-order valence-corrected chi connectivity index (χ1v) is 12.3. The molecule has 0 aliphatic rings. The van der Waals surface area contributed by atoms with E-state index in [-0.39, 0.29) is 29.8 Å². The molecule has 8 heteroatoms. The fourth-order valence-electron chi connectivity index (χ4n) is 3.82. The molecule has 2 amide bonds. The highest BCUT2D eigenvalue weighted by atomic mass is 16.4. The van der Waals surface area contributed by atoms with Gasteiger partial charge >= 0.3 is 0 Å². The van der Waals surface area contributed by atoms with Crippen LogP contribution in [0.3, 0.4) is 0 Å². The van der Waals surface area contributed by atoms with Crippen LogP contribution >= 0.6 is 0 Å². The number of carbonyl (C=O) groups excluding carboxylic acids is 3. The number of rotatable bonds is 13. The highest BCUT2D eigenvalue weighted by molar-refractivity contribution is 6.01. The zero-order valence-corrected chi connectivity index (χ0v) is 21.1. The highest BCUT2D eigenvalue weighted by Gasteiger charge is 2.29. The number of benzene rings is 1. The molecule has 8 nitrogen and oxygen atoms in total. The van der Waals surface area contributed by atoms with Gasteiger partial charge in [-0.2, -0.15) is 0 Å². The average Bonchev–Trinajstić information content (AvgIpc) is 3.28. The molecule has 2 heterocycles. The second-order valence-corrected chi connectivity index (χ2v) is 9.49. The molecule has 190 valence electrons. The van der Waals surface area contributed by atoms with Gasteiger partial charge < -0.3 is 15.5 Å². The Hall–Kier alpha value is -3.81. The molecule has 2 unspecified atom stereocenters. The summed E-state index contributed by atoms with van der Waals surface area (Å²) in [5.41, 5.74) is 7.61. The van der Waals surface area contributed by atoms with E-state index < -0.39 is 17.9 Å². The van der Waals surface area contributed by atoms with E-state index in [4.69, 9.17) is 10.2 Å². The molecule has 0 spiro atoms. The zero-order chi connectivity index (χ0) is 26.1. The van der Waals surface area contributed by atoms with Gasteiger partial charge in [-0.15, -0.1) is 0 Å². The van der Waals surface area contributed by atoms with Crippen molar-refractivity contribution in [3.8, 4) is 11.5 Å². The van der Waals surface area contributed by atoms with Crippen LogP contribution < -0.4 is 11.1 Å². The Morgan fingerprint density at radius 1 is 1.03 bits per heavy atom. The van der Waals surface area contributed by atoms with Gasteiger partial charge in [0.2, 0.25) is 23.5 Å². The quantitative estimate of drug-likeness (QED) is 0.347. The van der Waals surface area contributed by atoms with E-state index in [0.717, 1.165) is 5.56 Å². The van der Waals surface area contributed by atoms with Gasteiger partial charge in [0, 0.05) is 24.7 Å². The summed E-state index contributed by atoms with van der Waals surface area (Å²) < 4.78 is 5.99. The molecule has 1 aromatic carbocycles. The minimum atomic E-state index is -0.804. The van der Waals surface area contributed by atoms with Crippen molar-refractivity contribution in [1.29, 1.82) is 0 Å². The lowest BCUT2D eigenvalue weighted by Crippen LogP contribution is -2.41. The lowest BCUT2D eigenvalue weighted by Gasteiger charge is -2.18. The van der Waals surface area contributed by atoms with E-state index in [1.165, 1.54) is 0 Å². The summed E-state index contributed by atoms with van der Waals surface area (Å²) in [6, 6.07) is 12.6. The van der Waals surface area contributed by atoms with Crippen molar-refractivity contribution in [3.63, 3.8) is 0 Å². The van der Waals surface area contributed by atoms with E-state index >= 15 is 0 Å². The van der Waals surface area contributed by atoms with E-state index in [1.807, 2.05) is 50.2 Å². The Bertz CT molecular complexity index is 1160. The van der Waals surface area contributed by atoms with Gasteiger partial charge in [-0.25, -0.2) is 4.98 Å². The van der Waals surface area contributed by atoms with Crippen LogP contribution in [-0.4, -0.2) is 33.6 Å². The Morgan fingerprint density at radius 2 is 1.78 bits per heavy atom. The smallest absolute Gasteiger partial charge is 0.228 e. The molecular formula is C28H34N4O4. The normalized spacial score (nSPS) is 12.8. The number of nitrogens with zero attached hydrogens (tertiary/aromatic N) is 2. The first-order valence-electron chi connectivity index (χ1n) is 12.3. The van der Waals surface area contributed by atoms with Gasteiger partial charge in [-0.05, 0) is 49.3 Å². The molecule has 0 aliphatic heterocycles. The Labute approximate surface area is 211 Å². The number of amides is 2. The maximum atomic E-state index is 13.8. The van der Waals surface area contributed by atoms with E-state index in [2.05, 4.69) is 15.3 Å². The number of primary amides is 1. The second-order valence-electron chi connectivity index (χ2n) is 9.49. The van der Waals surface area contributed by atoms with Gasteiger partial charge in [0.15, 0.2) is 5.76 Å². The number of oxazole rings is 1. The standard InChI is InChI=1S/C28H34N4O4/c1-18(2)16-23-26(36-28(32-23)21-10-7-15-30-17-21)25(34)22(13-12-20-8-5-4-6-9-20)31-24(33)14-11-19(3)27(29)35/h4-10,15,17-19,22H,11-14,16H2,1-3H3,(H2,29,35)(H,31,33). The molecule has 0 radical (unpaired) electrons. The van der Waals surface area contributed by atoms with Crippen LogP contribution in [0.4, 0.5) is 0 Å².